The zero-order chi connectivity index (χ0) is 27.8. The zero-order valence-electron chi connectivity index (χ0n) is 22.1. The highest BCUT2D eigenvalue weighted by Crippen LogP contribution is 2.53. The van der Waals surface area contributed by atoms with E-state index in [0.717, 1.165) is 27.2 Å². The van der Waals surface area contributed by atoms with E-state index in [9.17, 15) is 9.59 Å². The largest absolute Gasteiger partial charge is 0.404 e. The molecule has 3 aromatic rings. The second-order valence-electron chi connectivity index (χ2n) is 10.9. The fraction of sp³-hybridized carbons (Fsp3) is 0.379. The minimum atomic E-state index is -3.43. The molecule has 3 atom stereocenters. The molecule has 6 nitrogen and oxygen atoms in total. The Labute approximate surface area is 222 Å². The van der Waals surface area contributed by atoms with E-state index in [1.54, 1.807) is 6.08 Å². The Kier molecular flexibility index (Phi) is 7.48. The van der Waals surface area contributed by atoms with Crippen LogP contribution in [0.4, 0.5) is 8.78 Å². The topological polar surface area (TPSA) is 73.3 Å². The molecular weight excluding hydrogens is 506 g/mol. The molecule has 1 aliphatic heterocycles. The van der Waals surface area contributed by atoms with Crippen molar-refractivity contribution in [3.63, 3.8) is 0 Å². The van der Waals surface area contributed by atoms with Gasteiger partial charge in [0.25, 0.3) is 19.8 Å². The monoisotopic (exact) mass is 540 g/mol. The smallest absolute Gasteiger partial charge is 0.330 e. The van der Waals surface area contributed by atoms with E-state index < -0.39 is 43.2 Å². The summed E-state index contributed by atoms with van der Waals surface area (Å²) in [4.78, 5) is 26.1. The molecule has 2 aromatic carbocycles. The molecule has 9 heteroatoms. The lowest BCUT2D eigenvalue weighted by molar-refractivity contribution is -0.142. The van der Waals surface area contributed by atoms with Crippen LogP contribution in [0.1, 0.15) is 40.3 Å². The average Bonchev–Trinajstić information content (AvgIpc) is 3.06. The summed E-state index contributed by atoms with van der Waals surface area (Å²) in [7, 11) is -3.06. The number of hydrogen-bond acceptors (Lipinski definition) is 4. The first-order chi connectivity index (χ1) is 17.9. The fourth-order valence-corrected chi connectivity index (χ4v) is 10.1. The number of halogens is 2. The van der Waals surface area contributed by atoms with Crippen LogP contribution in [0.5, 0.6) is 0 Å². The summed E-state index contributed by atoms with van der Waals surface area (Å²) in [5.41, 5.74) is -3.11. The number of alkyl halides is 2. The lowest BCUT2D eigenvalue weighted by Gasteiger charge is -2.45. The Morgan fingerprint density at radius 2 is 1.61 bits per heavy atom. The van der Waals surface area contributed by atoms with Gasteiger partial charge in [-0.25, -0.2) is 13.6 Å². The first-order valence-electron chi connectivity index (χ1n) is 12.6. The summed E-state index contributed by atoms with van der Waals surface area (Å²) in [6, 6.07) is 20.8. The fourth-order valence-electron chi connectivity index (χ4n) is 5.50. The molecular formula is C29H34F2N2O4Si. The first kappa shape index (κ1) is 27.9. The molecule has 1 saturated heterocycles. The van der Waals surface area contributed by atoms with Crippen LogP contribution in [0.3, 0.4) is 0 Å². The number of rotatable bonds is 8. The highest BCUT2D eigenvalue weighted by molar-refractivity contribution is 6.99. The summed E-state index contributed by atoms with van der Waals surface area (Å²) in [6.45, 7) is 11.4. The Morgan fingerprint density at radius 1 is 1.05 bits per heavy atom. The molecule has 0 amide bonds. The van der Waals surface area contributed by atoms with Crippen molar-refractivity contribution in [2.24, 2.45) is 5.92 Å². The van der Waals surface area contributed by atoms with Crippen molar-refractivity contribution < 1.29 is 17.9 Å². The third-order valence-corrected chi connectivity index (χ3v) is 12.6. The van der Waals surface area contributed by atoms with Crippen molar-refractivity contribution in [2.45, 2.75) is 56.9 Å². The quantitative estimate of drug-likeness (QED) is 0.343. The maximum Gasteiger partial charge on any atom is 0.330 e. The van der Waals surface area contributed by atoms with E-state index >= 15 is 8.78 Å². The molecule has 0 unspecified atom stereocenters. The first-order valence-corrected chi connectivity index (χ1v) is 14.5. The van der Waals surface area contributed by atoms with Crippen molar-refractivity contribution in [3.05, 3.63) is 106 Å². The minimum absolute atomic E-state index is 0.0799. The van der Waals surface area contributed by atoms with Crippen LogP contribution in [-0.4, -0.2) is 36.0 Å². The van der Waals surface area contributed by atoms with Crippen LogP contribution in [0, 0.1) is 5.92 Å². The SMILES string of the molecule is C=CC[C@]1(CO[Si](c2ccccc2)(c2ccccc2)C(C)(C)C)O[C@@H](n2ccc(=O)[nH]c2=O)C(F)(F)[C@@H]1C. The lowest BCUT2D eigenvalue weighted by atomic mass is 9.84. The predicted octanol–water partition coefficient (Wildman–Crippen LogP) is 4.23. The zero-order valence-corrected chi connectivity index (χ0v) is 23.1. The van der Waals surface area contributed by atoms with Gasteiger partial charge in [-0.05, 0) is 21.8 Å². The van der Waals surface area contributed by atoms with Crippen molar-refractivity contribution in [2.75, 3.05) is 6.61 Å². The number of ether oxygens (including phenoxy) is 1. The molecule has 0 aliphatic carbocycles. The second-order valence-corrected chi connectivity index (χ2v) is 15.2. The van der Waals surface area contributed by atoms with Crippen LogP contribution in [-0.2, 0) is 9.16 Å². The number of H-pyrrole nitrogens is 1. The van der Waals surface area contributed by atoms with Crippen LogP contribution in [0.15, 0.2) is 95.2 Å². The van der Waals surface area contributed by atoms with E-state index in [4.69, 9.17) is 9.16 Å². The molecule has 0 saturated carbocycles. The van der Waals surface area contributed by atoms with E-state index in [1.807, 2.05) is 65.6 Å². The Balaban J connectivity index is 1.83. The molecule has 0 radical (unpaired) electrons. The summed E-state index contributed by atoms with van der Waals surface area (Å²) in [6.07, 6.45) is 0.750. The van der Waals surface area contributed by atoms with E-state index in [1.165, 1.54) is 6.92 Å². The minimum Gasteiger partial charge on any atom is -0.404 e. The van der Waals surface area contributed by atoms with Crippen molar-refractivity contribution in [3.8, 4) is 0 Å². The van der Waals surface area contributed by atoms with Gasteiger partial charge in [0.15, 0.2) is 0 Å². The number of benzene rings is 2. The number of aromatic nitrogens is 2. The van der Waals surface area contributed by atoms with Gasteiger partial charge in [-0.2, -0.15) is 0 Å². The van der Waals surface area contributed by atoms with E-state index in [2.05, 4.69) is 27.4 Å². The molecule has 0 spiro atoms. The maximum atomic E-state index is 15.8. The molecule has 202 valence electrons. The molecule has 0 bridgehead atoms. The Bertz CT molecular complexity index is 1350. The van der Waals surface area contributed by atoms with Crippen molar-refractivity contribution >= 4 is 18.7 Å². The van der Waals surface area contributed by atoms with Crippen LogP contribution >= 0.6 is 0 Å². The summed E-state index contributed by atoms with van der Waals surface area (Å²) >= 11 is 0. The second kappa shape index (κ2) is 10.2. The number of nitrogens with zero attached hydrogens (tertiary/aromatic N) is 1. The molecule has 2 heterocycles. The van der Waals surface area contributed by atoms with Crippen molar-refractivity contribution in [1.82, 2.24) is 9.55 Å². The molecule has 4 rings (SSSR count). The van der Waals surface area contributed by atoms with Gasteiger partial charge in [0.2, 0.25) is 6.23 Å². The third-order valence-electron chi connectivity index (χ3n) is 7.59. The standard InChI is InChI=1S/C29H34F2N2O4Si/c1-6-18-28(21(2)29(30,31)25(37-28)33-19-17-24(34)32-26(33)35)20-36-38(27(3,4)5,22-13-9-7-10-14-22)23-15-11-8-12-16-23/h6-17,19,21,25H,1,18,20H2,2-5H3,(H,32,34,35)/t21-,25-,28-/m1/s1. The summed E-state index contributed by atoms with van der Waals surface area (Å²) in [5.74, 6) is -4.75. The van der Waals surface area contributed by atoms with Gasteiger partial charge < -0.3 is 9.16 Å². The van der Waals surface area contributed by atoms with Gasteiger partial charge in [0.05, 0.1) is 12.5 Å². The Morgan fingerprint density at radius 3 is 2.08 bits per heavy atom. The lowest BCUT2D eigenvalue weighted by Crippen LogP contribution is -2.68. The summed E-state index contributed by atoms with van der Waals surface area (Å²) < 4.78 is 45.5. The van der Waals surface area contributed by atoms with Crippen LogP contribution < -0.4 is 21.6 Å². The normalized spacial score (nSPS) is 23.3. The number of hydrogen-bond donors (Lipinski definition) is 1. The van der Waals surface area contributed by atoms with E-state index in [0.29, 0.717) is 0 Å². The predicted molar refractivity (Wildman–Crippen MR) is 147 cm³/mol. The molecule has 1 aliphatic rings. The van der Waals surface area contributed by atoms with Gasteiger partial charge in [0, 0.05) is 12.3 Å². The summed E-state index contributed by atoms with van der Waals surface area (Å²) in [5, 5.41) is 1.65. The molecule has 1 N–H and O–H groups in total. The number of nitrogens with one attached hydrogen (secondary N) is 1. The van der Waals surface area contributed by atoms with Crippen molar-refractivity contribution in [1.29, 1.82) is 0 Å². The average molecular weight is 541 g/mol. The van der Waals surface area contributed by atoms with Gasteiger partial charge in [0.1, 0.15) is 5.60 Å². The number of aromatic amines is 1. The van der Waals surface area contributed by atoms with Gasteiger partial charge in [-0.3, -0.25) is 14.3 Å². The van der Waals surface area contributed by atoms with Gasteiger partial charge >= 0.3 is 5.69 Å². The van der Waals surface area contributed by atoms with Gasteiger partial charge in [-0.15, -0.1) is 6.58 Å². The molecule has 38 heavy (non-hydrogen) atoms. The third kappa shape index (κ3) is 4.63. The molecule has 1 aromatic heterocycles. The Hall–Kier alpha value is -3.14. The highest BCUT2D eigenvalue weighted by Gasteiger charge is 2.65. The highest BCUT2D eigenvalue weighted by atomic mass is 28.4. The van der Waals surface area contributed by atoms with Crippen LogP contribution in [0.2, 0.25) is 5.04 Å². The maximum absolute atomic E-state index is 15.8. The molecule has 1 fully saturated rings. The van der Waals surface area contributed by atoms with E-state index in [-0.39, 0.29) is 18.1 Å². The van der Waals surface area contributed by atoms with Crippen LogP contribution in [0.25, 0.3) is 0 Å². The van der Waals surface area contributed by atoms with Gasteiger partial charge in [-0.1, -0.05) is 94.4 Å².